The quantitative estimate of drug-likeness (QED) is 0.0321. The molecule has 0 rings (SSSR count). The third-order valence-electron chi connectivity index (χ3n) is 13.6. The van der Waals surface area contributed by atoms with Gasteiger partial charge in [-0.05, 0) is 51.4 Å². The first-order valence-corrected chi connectivity index (χ1v) is 28.9. The number of hydrogen-bond acceptors (Lipinski definition) is 5. The zero-order valence-corrected chi connectivity index (χ0v) is 43.3. The molecule has 0 aliphatic carbocycles. The summed E-state index contributed by atoms with van der Waals surface area (Å²) in [6.45, 7) is 4.95. The molecule has 0 bridgehead atoms. The summed E-state index contributed by atoms with van der Waals surface area (Å²) in [5.74, 6) is -0.0313. The van der Waals surface area contributed by atoms with Crippen molar-refractivity contribution < 1.29 is 24.5 Å². The zero-order chi connectivity index (χ0) is 46.5. The molecule has 0 saturated carbocycles. The number of hydrogen-bond donors (Lipinski definition) is 3. The predicted molar refractivity (Wildman–Crippen MR) is 278 cm³/mol. The van der Waals surface area contributed by atoms with Crippen LogP contribution >= 0.6 is 0 Å². The topological polar surface area (TPSA) is 95.9 Å². The molecular formula is C58H113NO5. The van der Waals surface area contributed by atoms with Crippen LogP contribution in [0.15, 0.2) is 12.2 Å². The molecule has 2 unspecified atom stereocenters. The maximum atomic E-state index is 12.4. The standard InChI is InChI=1S/C58H113NO5/c1-3-5-7-9-11-13-15-16-24-28-32-36-40-44-48-52-58(63)64-53-49-45-41-37-33-29-26-23-21-19-17-18-20-22-25-27-31-35-39-43-47-51-57(62)59-55(54-60)56(61)50-46-42-38-34-30-14-12-10-8-6-4-2/h18,20,55-56,60-61H,3-17,19,21-54H2,1-2H3,(H,59,62)/b20-18-. The van der Waals surface area contributed by atoms with Crippen molar-refractivity contribution in [3.63, 3.8) is 0 Å². The third kappa shape index (κ3) is 50.0. The minimum atomic E-state index is -0.667. The number of allylic oxidation sites excluding steroid dienone is 2. The lowest BCUT2D eigenvalue weighted by Gasteiger charge is -2.22. The van der Waals surface area contributed by atoms with Crippen LogP contribution in [0.4, 0.5) is 0 Å². The fraction of sp³-hybridized carbons (Fsp3) is 0.931. The Morgan fingerprint density at radius 2 is 0.734 bits per heavy atom. The van der Waals surface area contributed by atoms with E-state index < -0.39 is 12.1 Å². The van der Waals surface area contributed by atoms with Gasteiger partial charge in [0, 0.05) is 12.8 Å². The number of nitrogens with one attached hydrogen (secondary N) is 1. The maximum Gasteiger partial charge on any atom is 0.305 e. The number of aliphatic hydroxyl groups is 2. The summed E-state index contributed by atoms with van der Waals surface area (Å²) in [4.78, 5) is 24.5. The van der Waals surface area contributed by atoms with Gasteiger partial charge in [0.25, 0.3) is 0 Å². The van der Waals surface area contributed by atoms with Gasteiger partial charge in [-0.1, -0.05) is 270 Å². The molecule has 0 fully saturated rings. The molecule has 380 valence electrons. The van der Waals surface area contributed by atoms with Crippen LogP contribution in [0.2, 0.25) is 0 Å². The Kier molecular flexibility index (Phi) is 53.0. The fourth-order valence-electron chi connectivity index (χ4n) is 9.11. The van der Waals surface area contributed by atoms with Gasteiger partial charge in [0.05, 0.1) is 25.4 Å². The van der Waals surface area contributed by atoms with E-state index in [2.05, 4.69) is 31.3 Å². The van der Waals surface area contributed by atoms with Crippen LogP contribution in [0.1, 0.15) is 322 Å². The highest BCUT2D eigenvalue weighted by molar-refractivity contribution is 5.76. The number of carbonyl (C=O) groups excluding carboxylic acids is 2. The van der Waals surface area contributed by atoms with Crippen LogP contribution in [0.5, 0.6) is 0 Å². The number of rotatable bonds is 54. The number of esters is 1. The molecule has 0 heterocycles. The van der Waals surface area contributed by atoms with Gasteiger partial charge in [0.15, 0.2) is 0 Å². The molecule has 0 aliphatic rings. The number of amides is 1. The van der Waals surface area contributed by atoms with Crippen LogP contribution < -0.4 is 5.32 Å². The summed E-state index contributed by atoms with van der Waals surface area (Å²) < 4.78 is 5.48. The highest BCUT2D eigenvalue weighted by Gasteiger charge is 2.20. The molecular weight excluding hydrogens is 791 g/mol. The molecule has 0 spiro atoms. The van der Waals surface area contributed by atoms with E-state index in [4.69, 9.17) is 4.74 Å². The van der Waals surface area contributed by atoms with Crippen molar-refractivity contribution in [2.24, 2.45) is 0 Å². The van der Waals surface area contributed by atoms with Gasteiger partial charge < -0.3 is 20.3 Å². The highest BCUT2D eigenvalue weighted by Crippen LogP contribution is 2.17. The van der Waals surface area contributed by atoms with Gasteiger partial charge >= 0.3 is 5.97 Å². The Morgan fingerprint density at radius 1 is 0.422 bits per heavy atom. The monoisotopic (exact) mass is 904 g/mol. The molecule has 0 aromatic carbocycles. The van der Waals surface area contributed by atoms with Gasteiger partial charge in [0.2, 0.25) is 5.91 Å². The lowest BCUT2D eigenvalue weighted by molar-refractivity contribution is -0.143. The second kappa shape index (κ2) is 54.2. The molecule has 6 nitrogen and oxygen atoms in total. The Morgan fingerprint density at radius 3 is 1.11 bits per heavy atom. The average Bonchev–Trinajstić information content (AvgIpc) is 3.29. The van der Waals surface area contributed by atoms with E-state index in [9.17, 15) is 19.8 Å². The summed E-state index contributed by atoms with van der Waals surface area (Å²) >= 11 is 0. The van der Waals surface area contributed by atoms with Crippen molar-refractivity contribution in [3.8, 4) is 0 Å². The van der Waals surface area contributed by atoms with Crippen molar-refractivity contribution in [3.05, 3.63) is 12.2 Å². The Hall–Kier alpha value is -1.40. The van der Waals surface area contributed by atoms with Gasteiger partial charge in [-0.2, -0.15) is 0 Å². The molecule has 0 aliphatic heterocycles. The summed E-state index contributed by atoms with van der Waals surface area (Å²) in [6.07, 6.45) is 63.5. The maximum absolute atomic E-state index is 12.4. The number of unbranched alkanes of at least 4 members (excludes halogenated alkanes) is 41. The summed E-state index contributed by atoms with van der Waals surface area (Å²) in [5, 5.41) is 23.2. The second-order valence-corrected chi connectivity index (χ2v) is 20.0. The fourth-order valence-corrected chi connectivity index (χ4v) is 9.11. The van der Waals surface area contributed by atoms with Crippen molar-refractivity contribution in [2.75, 3.05) is 13.2 Å². The number of ether oxygens (including phenoxy) is 1. The van der Waals surface area contributed by atoms with E-state index in [1.807, 2.05) is 0 Å². The third-order valence-corrected chi connectivity index (χ3v) is 13.6. The molecule has 0 radical (unpaired) electrons. The lowest BCUT2D eigenvalue weighted by atomic mass is 10.0. The molecule has 0 aromatic rings. The van der Waals surface area contributed by atoms with Gasteiger partial charge in [-0.3, -0.25) is 9.59 Å². The van der Waals surface area contributed by atoms with Crippen LogP contribution in [0.3, 0.4) is 0 Å². The minimum absolute atomic E-state index is 0.0114. The summed E-state index contributed by atoms with van der Waals surface area (Å²) in [7, 11) is 0. The first-order chi connectivity index (χ1) is 31.5. The molecule has 0 saturated heterocycles. The lowest BCUT2D eigenvalue weighted by Crippen LogP contribution is -2.45. The Bertz CT molecular complexity index is 955. The molecule has 2 atom stereocenters. The second-order valence-electron chi connectivity index (χ2n) is 20.0. The van der Waals surface area contributed by atoms with E-state index in [1.165, 1.54) is 250 Å². The van der Waals surface area contributed by atoms with Crippen molar-refractivity contribution in [1.82, 2.24) is 5.32 Å². The van der Waals surface area contributed by atoms with Crippen molar-refractivity contribution in [2.45, 2.75) is 334 Å². The van der Waals surface area contributed by atoms with E-state index in [0.29, 0.717) is 25.9 Å². The number of aliphatic hydroxyl groups excluding tert-OH is 2. The summed E-state index contributed by atoms with van der Waals surface area (Å²) in [5.41, 5.74) is 0. The first-order valence-electron chi connectivity index (χ1n) is 28.9. The van der Waals surface area contributed by atoms with Gasteiger partial charge in [-0.25, -0.2) is 0 Å². The van der Waals surface area contributed by atoms with Crippen LogP contribution in [0.25, 0.3) is 0 Å². The Labute approximate surface area is 399 Å². The average molecular weight is 905 g/mol. The van der Waals surface area contributed by atoms with E-state index in [0.717, 1.165) is 38.5 Å². The molecule has 1 amide bonds. The smallest absolute Gasteiger partial charge is 0.305 e. The first kappa shape index (κ1) is 62.6. The van der Waals surface area contributed by atoms with E-state index >= 15 is 0 Å². The molecule has 0 aromatic heterocycles. The van der Waals surface area contributed by atoms with Crippen molar-refractivity contribution in [1.29, 1.82) is 0 Å². The van der Waals surface area contributed by atoms with Gasteiger partial charge in [0.1, 0.15) is 0 Å². The molecule has 3 N–H and O–H groups in total. The van der Waals surface area contributed by atoms with Gasteiger partial charge in [-0.15, -0.1) is 0 Å². The van der Waals surface area contributed by atoms with Crippen LogP contribution in [-0.2, 0) is 14.3 Å². The minimum Gasteiger partial charge on any atom is -0.466 e. The zero-order valence-electron chi connectivity index (χ0n) is 43.3. The molecule has 64 heavy (non-hydrogen) atoms. The van der Waals surface area contributed by atoms with E-state index in [-0.39, 0.29) is 18.5 Å². The van der Waals surface area contributed by atoms with Crippen LogP contribution in [0, 0.1) is 0 Å². The SMILES string of the molecule is CCCCCCCCCCCCCCCCCC(=O)OCCCCCCCCCCCC/C=C\CCCCCCCCCC(=O)NC(CO)C(O)CCCCCCCCCCCCC. The number of carbonyl (C=O) groups is 2. The largest absolute Gasteiger partial charge is 0.466 e. The van der Waals surface area contributed by atoms with Crippen molar-refractivity contribution >= 4 is 11.9 Å². The summed E-state index contributed by atoms with van der Waals surface area (Å²) in [6, 6.07) is -0.545. The molecule has 6 heteroatoms. The normalized spacial score (nSPS) is 12.6. The van der Waals surface area contributed by atoms with Crippen LogP contribution in [-0.4, -0.2) is 47.4 Å². The Balaban J connectivity index is 3.39. The predicted octanol–water partition coefficient (Wildman–Crippen LogP) is 17.7. The van der Waals surface area contributed by atoms with E-state index in [1.54, 1.807) is 0 Å². The highest BCUT2D eigenvalue weighted by atomic mass is 16.5.